The van der Waals surface area contributed by atoms with E-state index in [2.05, 4.69) is 27.1 Å². The third-order valence-corrected chi connectivity index (χ3v) is 10.4. The highest BCUT2D eigenvalue weighted by molar-refractivity contribution is 7.90. The molecule has 1 saturated heterocycles. The Kier molecular flexibility index (Phi) is 6.04. The Morgan fingerprint density at radius 1 is 1.16 bits per heavy atom. The third-order valence-electron chi connectivity index (χ3n) is 9.32. The normalized spacial score (nSPS) is 34.9. The van der Waals surface area contributed by atoms with Crippen molar-refractivity contribution in [1.82, 2.24) is 20.2 Å². The zero-order valence-corrected chi connectivity index (χ0v) is 22.5. The van der Waals surface area contributed by atoms with Gasteiger partial charge in [0.25, 0.3) is 5.91 Å². The quantitative estimate of drug-likeness (QED) is 0.590. The van der Waals surface area contributed by atoms with Crippen molar-refractivity contribution in [1.29, 1.82) is 0 Å². The van der Waals surface area contributed by atoms with Gasteiger partial charge in [0.2, 0.25) is 0 Å². The molecule has 7 rings (SSSR count). The lowest BCUT2D eigenvalue weighted by atomic mass is 9.49. The number of rotatable bonds is 5. The van der Waals surface area contributed by atoms with Gasteiger partial charge in [-0.15, -0.1) is 0 Å². The predicted octanol–water partition coefficient (Wildman–Crippen LogP) is 2.23. The number of anilines is 1. The number of halogens is 1. The lowest BCUT2D eigenvalue weighted by molar-refractivity contribution is -0.215. The van der Waals surface area contributed by atoms with Gasteiger partial charge < -0.3 is 15.3 Å². The summed E-state index contributed by atoms with van der Waals surface area (Å²) in [5.74, 6) is -0.143. The van der Waals surface area contributed by atoms with Crippen molar-refractivity contribution in [3.8, 4) is 0 Å². The highest BCUT2D eigenvalue weighted by Gasteiger charge is 2.65. The van der Waals surface area contributed by atoms with Crippen molar-refractivity contribution >= 4 is 21.4 Å². The molecule has 38 heavy (non-hydrogen) atoms. The van der Waals surface area contributed by atoms with Crippen LogP contribution in [0.1, 0.15) is 49.5 Å². The average Bonchev–Trinajstić information content (AvgIpc) is 2.85. The van der Waals surface area contributed by atoms with Gasteiger partial charge in [0, 0.05) is 38.1 Å². The minimum atomic E-state index is -3.50. The van der Waals surface area contributed by atoms with E-state index in [0.29, 0.717) is 49.8 Å². The van der Waals surface area contributed by atoms with Gasteiger partial charge in [0.1, 0.15) is 17.8 Å². The minimum Gasteiger partial charge on any atom is -0.390 e. The van der Waals surface area contributed by atoms with Crippen molar-refractivity contribution in [2.45, 2.75) is 61.2 Å². The smallest absolute Gasteiger partial charge is 0.271 e. The Morgan fingerprint density at radius 2 is 1.89 bits per heavy atom. The molecule has 4 aliphatic carbocycles. The molecule has 1 amide bonds. The second-order valence-electron chi connectivity index (χ2n) is 11.8. The third kappa shape index (κ3) is 4.19. The topological polar surface area (TPSA) is 116 Å². The number of aromatic nitrogens is 2. The van der Waals surface area contributed by atoms with E-state index in [9.17, 15) is 18.3 Å². The minimum absolute atomic E-state index is 0.0318. The van der Waals surface area contributed by atoms with Crippen LogP contribution in [0.4, 0.5) is 10.1 Å². The fourth-order valence-electron chi connectivity index (χ4n) is 8.06. The molecule has 4 bridgehead atoms. The molecule has 204 valence electrons. The van der Waals surface area contributed by atoms with E-state index in [-0.39, 0.29) is 28.7 Å². The molecule has 0 spiro atoms. The van der Waals surface area contributed by atoms with Gasteiger partial charge in [0.05, 0.1) is 21.8 Å². The maximum atomic E-state index is 15.0. The van der Waals surface area contributed by atoms with Crippen molar-refractivity contribution in [3.05, 3.63) is 48.3 Å². The number of carbonyl (C=O) groups excluding carboxylic acids is 1. The van der Waals surface area contributed by atoms with Crippen LogP contribution in [-0.2, 0) is 9.84 Å². The number of benzene rings is 1. The molecule has 2 heterocycles. The average molecular weight is 544 g/mol. The van der Waals surface area contributed by atoms with Gasteiger partial charge in [0.15, 0.2) is 9.84 Å². The number of nitrogens with zero attached hydrogens (tertiary/aromatic N) is 4. The first-order valence-corrected chi connectivity index (χ1v) is 15.2. The van der Waals surface area contributed by atoms with Gasteiger partial charge in [-0.05, 0) is 81.0 Å². The number of nitrogens with one attached hydrogen (secondary N) is 1. The van der Waals surface area contributed by atoms with Crippen LogP contribution in [0.15, 0.2) is 41.7 Å². The van der Waals surface area contributed by atoms with Crippen molar-refractivity contribution in [3.63, 3.8) is 0 Å². The number of sulfone groups is 1. The summed E-state index contributed by atoms with van der Waals surface area (Å²) in [5.41, 5.74) is -0.613. The molecule has 2 unspecified atom stereocenters. The fraction of sp³-hybridized carbons (Fsp3) is 0.593. The summed E-state index contributed by atoms with van der Waals surface area (Å²) in [6.45, 7) is 3.73. The molecule has 1 aromatic carbocycles. The van der Waals surface area contributed by atoms with Crippen molar-refractivity contribution in [2.75, 3.05) is 30.8 Å². The Morgan fingerprint density at radius 3 is 2.47 bits per heavy atom. The van der Waals surface area contributed by atoms with E-state index >= 15 is 4.39 Å². The number of piperazine rings is 1. The van der Waals surface area contributed by atoms with E-state index < -0.39 is 26.9 Å². The molecular formula is C27H34FN5O4S. The van der Waals surface area contributed by atoms with Gasteiger partial charge >= 0.3 is 0 Å². The van der Waals surface area contributed by atoms with Crippen LogP contribution in [-0.4, -0.2) is 77.5 Å². The van der Waals surface area contributed by atoms with Crippen LogP contribution in [0.3, 0.4) is 0 Å². The summed E-state index contributed by atoms with van der Waals surface area (Å²) >= 11 is 0. The molecule has 4 saturated carbocycles. The molecule has 1 aromatic heterocycles. The number of hydrogen-bond acceptors (Lipinski definition) is 8. The van der Waals surface area contributed by atoms with Gasteiger partial charge in [-0.25, -0.2) is 22.8 Å². The number of amides is 1. The summed E-state index contributed by atoms with van der Waals surface area (Å²) in [6.07, 6.45) is 8.04. The zero-order valence-electron chi connectivity index (χ0n) is 21.7. The van der Waals surface area contributed by atoms with Crippen LogP contribution in [0.25, 0.3) is 0 Å². The van der Waals surface area contributed by atoms with Crippen LogP contribution < -0.4 is 10.2 Å². The lowest BCUT2D eigenvalue weighted by Crippen LogP contribution is -2.79. The second-order valence-corrected chi connectivity index (χ2v) is 13.8. The second kappa shape index (κ2) is 8.96. The van der Waals surface area contributed by atoms with E-state index in [4.69, 9.17) is 0 Å². The van der Waals surface area contributed by atoms with Crippen LogP contribution in [0, 0.1) is 23.6 Å². The van der Waals surface area contributed by atoms with E-state index in [0.717, 1.165) is 31.6 Å². The van der Waals surface area contributed by atoms with E-state index in [1.54, 1.807) is 18.3 Å². The fourth-order valence-corrected chi connectivity index (χ4v) is 8.69. The summed E-state index contributed by atoms with van der Waals surface area (Å²) in [4.78, 5) is 25.9. The molecular weight excluding hydrogens is 509 g/mol. The molecule has 9 nitrogen and oxygen atoms in total. The van der Waals surface area contributed by atoms with Gasteiger partial charge in [-0.1, -0.05) is 0 Å². The molecule has 5 fully saturated rings. The maximum absolute atomic E-state index is 15.0. The molecule has 3 atom stereocenters. The SMILES string of the molecule is C[C@@H]1CN(c2ccc(S(C)(=O)=O)cc2F)CCN1C1(NC(=O)c2ccncn2)C2CC3CC1CC(O)(C3)C2. The van der Waals surface area contributed by atoms with E-state index in [1.165, 1.54) is 12.4 Å². The molecule has 11 heteroatoms. The molecule has 2 N–H and O–H groups in total. The van der Waals surface area contributed by atoms with Crippen LogP contribution >= 0.6 is 0 Å². The Hall–Kier alpha value is -2.63. The first-order chi connectivity index (χ1) is 18.0. The zero-order chi connectivity index (χ0) is 26.9. The monoisotopic (exact) mass is 543 g/mol. The highest BCUT2D eigenvalue weighted by Crippen LogP contribution is 2.61. The highest BCUT2D eigenvalue weighted by atomic mass is 32.2. The van der Waals surface area contributed by atoms with Gasteiger partial charge in [-0.3, -0.25) is 9.69 Å². The Balaban J connectivity index is 1.31. The Labute approximate surface area is 222 Å². The Bertz CT molecular complexity index is 1340. The number of carbonyl (C=O) groups is 1. The molecule has 1 aliphatic heterocycles. The summed E-state index contributed by atoms with van der Waals surface area (Å²) in [6, 6.07) is 5.66. The van der Waals surface area contributed by atoms with E-state index in [1.807, 2.05) is 4.90 Å². The largest absolute Gasteiger partial charge is 0.390 e. The van der Waals surface area contributed by atoms with Crippen LogP contribution in [0.2, 0.25) is 0 Å². The van der Waals surface area contributed by atoms with Crippen LogP contribution in [0.5, 0.6) is 0 Å². The maximum Gasteiger partial charge on any atom is 0.271 e. The predicted molar refractivity (Wildman–Crippen MR) is 139 cm³/mol. The molecule has 2 aromatic rings. The number of aliphatic hydroxyl groups is 1. The summed E-state index contributed by atoms with van der Waals surface area (Å²) in [7, 11) is -3.50. The number of hydrogen-bond donors (Lipinski definition) is 2. The first-order valence-electron chi connectivity index (χ1n) is 13.3. The first kappa shape index (κ1) is 25.6. The lowest BCUT2D eigenvalue weighted by Gasteiger charge is -2.68. The van der Waals surface area contributed by atoms with Crippen molar-refractivity contribution in [2.24, 2.45) is 17.8 Å². The standard InChI is InChI=1S/C27H34FN5O4S/c1-17-15-32(24-4-3-21(11-22(24)28)38(2,36)37)7-8-33(17)27(31-25(34)23-5-6-29-16-30-23)19-9-18-10-20(27)14-26(35,12-18)13-19/h3-6,11,16-20,35H,7-10,12-15H2,1-2H3,(H,31,34)/t17-,18?,19?,20?,26?,27?/m1/s1. The summed E-state index contributed by atoms with van der Waals surface area (Å²) < 4.78 is 38.8. The molecule has 5 aliphatic rings. The van der Waals surface area contributed by atoms with Gasteiger partial charge in [-0.2, -0.15) is 0 Å². The molecule has 0 radical (unpaired) electrons. The summed E-state index contributed by atoms with van der Waals surface area (Å²) in [5, 5.41) is 14.7. The van der Waals surface area contributed by atoms with Crippen molar-refractivity contribution < 1.29 is 22.7 Å².